The lowest BCUT2D eigenvalue weighted by atomic mass is 10.2. The fraction of sp³-hybridized carbons (Fsp3) is 0.286. The molecule has 0 unspecified atom stereocenters. The van der Waals surface area contributed by atoms with E-state index in [2.05, 4.69) is 0 Å². The Kier molecular flexibility index (Phi) is 1.38. The van der Waals surface area contributed by atoms with E-state index < -0.39 is 0 Å². The minimum Gasteiger partial charge on any atom is -0.469 e. The van der Waals surface area contributed by atoms with Gasteiger partial charge in [0.05, 0.1) is 6.26 Å². The molecule has 0 atom stereocenters. The summed E-state index contributed by atoms with van der Waals surface area (Å²) in [4.78, 5) is 0. The van der Waals surface area contributed by atoms with Crippen LogP contribution in [0.5, 0.6) is 0 Å². The van der Waals surface area contributed by atoms with E-state index in [9.17, 15) is 0 Å². The minimum atomic E-state index is 0.977. The third-order valence-electron chi connectivity index (χ3n) is 1.16. The number of aryl methyl sites for hydroxylation is 1. The summed E-state index contributed by atoms with van der Waals surface area (Å²) < 4.78 is 5.06. The van der Waals surface area contributed by atoms with Gasteiger partial charge in [0, 0.05) is 6.42 Å². The van der Waals surface area contributed by atoms with E-state index in [4.69, 9.17) is 4.42 Å². The molecule has 0 aliphatic rings. The minimum absolute atomic E-state index is 0.977. The van der Waals surface area contributed by atoms with Crippen molar-refractivity contribution in [3.05, 3.63) is 30.1 Å². The van der Waals surface area contributed by atoms with Gasteiger partial charge in [-0.05, 0) is 18.6 Å². The van der Waals surface area contributed by atoms with Gasteiger partial charge in [0.15, 0.2) is 0 Å². The Morgan fingerprint density at radius 1 is 1.62 bits per heavy atom. The van der Waals surface area contributed by atoms with E-state index in [-0.39, 0.29) is 0 Å². The topological polar surface area (TPSA) is 13.1 Å². The molecule has 1 radical (unpaired) electrons. The highest BCUT2D eigenvalue weighted by Crippen LogP contribution is 2.09. The van der Waals surface area contributed by atoms with E-state index in [1.165, 1.54) is 5.56 Å². The van der Waals surface area contributed by atoms with Gasteiger partial charge in [-0.3, -0.25) is 0 Å². The third-order valence-corrected chi connectivity index (χ3v) is 1.16. The van der Waals surface area contributed by atoms with Crippen molar-refractivity contribution >= 4 is 0 Å². The van der Waals surface area contributed by atoms with Crippen LogP contribution in [0.4, 0.5) is 0 Å². The summed E-state index contributed by atoms with van der Waals surface area (Å²) in [6, 6.07) is 1.95. The van der Waals surface area contributed by atoms with Gasteiger partial charge in [0.25, 0.3) is 0 Å². The van der Waals surface area contributed by atoms with Crippen LogP contribution in [0.1, 0.15) is 18.2 Å². The zero-order valence-electron chi connectivity index (χ0n) is 5.14. The molecule has 1 aromatic heterocycles. The predicted octanol–water partition coefficient (Wildman–Crippen LogP) is 2.16. The summed E-state index contributed by atoms with van der Waals surface area (Å²) in [6.07, 6.45) is 3.65. The molecule has 0 aliphatic carbocycles. The third kappa shape index (κ3) is 0.760. The second-order valence-electron chi connectivity index (χ2n) is 1.76. The van der Waals surface area contributed by atoms with Crippen molar-refractivity contribution in [1.29, 1.82) is 0 Å². The van der Waals surface area contributed by atoms with Gasteiger partial charge in [-0.15, -0.1) is 0 Å². The number of hydrogen-bond donors (Lipinski definition) is 0. The maximum atomic E-state index is 5.06. The van der Waals surface area contributed by atoms with Gasteiger partial charge >= 0.3 is 0 Å². The Bertz CT molecular complexity index is 165. The number of furan rings is 1. The average Bonchev–Trinajstić information content (AvgIpc) is 2.14. The second-order valence-corrected chi connectivity index (χ2v) is 1.76. The molecule has 8 heavy (non-hydrogen) atoms. The lowest BCUT2D eigenvalue weighted by Crippen LogP contribution is -1.72. The molecule has 0 saturated carbocycles. The SMILES string of the molecule is C[CH]c1occc1C. The van der Waals surface area contributed by atoms with E-state index in [0.29, 0.717) is 0 Å². The molecule has 1 nitrogen and oxygen atoms in total. The summed E-state index contributed by atoms with van der Waals surface area (Å²) in [7, 11) is 0. The van der Waals surface area contributed by atoms with Gasteiger partial charge in [-0.1, -0.05) is 6.92 Å². The van der Waals surface area contributed by atoms with Crippen LogP contribution in [0.25, 0.3) is 0 Å². The molecule has 0 bridgehead atoms. The Hall–Kier alpha value is -0.720. The van der Waals surface area contributed by atoms with Crippen molar-refractivity contribution in [3.63, 3.8) is 0 Å². The molecule has 1 rings (SSSR count). The molecule has 0 spiro atoms. The fourth-order valence-corrected chi connectivity index (χ4v) is 0.680. The molecule has 1 heteroatoms. The molecule has 0 fully saturated rings. The maximum Gasteiger partial charge on any atom is 0.110 e. The average molecular weight is 109 g/mol. The Balaban J connectivity index is 2.92. The van der Waals surface area contributed by atoms with E-state index >= 15 is 0 Å². The molecular formula is C7H9O. The summed E-state index contributed by atoms with van der Waals surface area (Å²) in [5, 5.41) is 0. The van der Waals surface area contributed by atoms with Gasteiger partial charge in [0.2, 0.25) is 0 Å². The van der Waals surface area contributed by atoms with Crippen LogP contribution < -0.4 is 0 Å². The number of rotatable bonds is 1. The van der Waals surface area contributed by atoms with Crippen LogP contribution in [-0.2, 0) is 0 Å². The highest BCUT2D eigenvalue weighted by atomic mass is 16.3. The first-order chi connectivity index (χ1) is 3.84. The van der Waals surface area contributed by atoms with Gasteiger partial charge in [0.1, 0.15) is 5.76 Å². The van der Waals surface area contributed by atoms with E-state index in [1.54, 1.807) is 6.26 Å². The lowest BCUT2D eigenvalue weighted by molar-refractivity contribution is 0.538. The Labute approximate surface area is 49.3 Å². The molecule has 0 amide bonds. The van der Waals surface area contributed by atoms with Crippen LogP contribution in [0.3, 0.4) is 0 Å². The van der Waals surface area contributed by atoms with Crippen LogP contribution in [0.2, 0.25) is 0 Å². The number of hydrogen-bond acceptors (Lipinski definition) is 1. The monoisotopic (exact) mass is 109 g/mol. The van der Waals surface area contributed by atoms with Gasteiger partial charge in [-0.25, -0.2) is 0 Å². The molecule has 43 valence electrons. The molecule has 0 N–H and O–H groups in total. The summed E-state index contributed by atoms with van der Waals surface area (Å²) >= 11 is 0. The van der Waals surface area contributed by atoms with Crippen molar-refractivity contribution in [2.45, 2.75) is 13.8 Å². The first-order valence-corrected chi connectivity index (χ1v) is 2.68. The zero-order chi connectivity index (χ0) is 5.98. The standard InChI is InChI=1S/C7H9O/c1-3-7-6(2)4-5-8-7/h3-5H,1-2H3. The van der Waals surface area contributed by atoms with Crippen molar-refractivity contribution < 1.29 is 4.42 Å². The second kappa shape index (κ2) is 2.03. The van der Waals surface area contributed by atoms with Crippen LogP contribution in [0.15, 0.2) is 16.7 Å². The predicted molar refractivity (Wildman–Crippen MR) is 32.5 cm³/mol. The molecule has 0 saturated heterocycles. The summed E-state index contributed by atoms with van der Waals surface area (Å²) in [5.41, 5.74) is 1.20. The van der Waals surface area contributed by atoms with Crippen molar-refractivity contribution in [3.8, 4) is 0 Å². The van der Waals surface area contributed by atoms with Crippen LogP contribution in [-0.4, -0.2) is 0 Å². The molecule has 1 aromatic rings. The van der Waals surface area contributed by atoms with Crippen molar-refractivity contribution in [1.82, 2.24) is 0 Å². The largest absolute Gasteiger partial charge is 0.469 e. The smallest absolute Gasteiger partial charge is 0.110 e. The molecular weight excluding hydrogens is 100 g/mol. The first kappa shape index (κ1) is 5.42. The lowest BCUT2D eigenvalue weighted by Gasteiger charge is -1.86. The molecule has 0 aliphatic heterocycles. The normalized spacial score (nSPS) is 9.75. The maximum absolute atomic E-state index is 5.06. The molecule has 0 aromatic carbocycles. The fourth-order valence-electron chi connectivity index (χ4n) is 0.680. The van der Waals surface area contributed by atoms with Crippen molar-refractivity contribution in [2.75, 3.05) is 0 Å². The highest BCUT2D eigenvalue weighted by molar-refractivity contribution is 5.20. The first-order valence-electron chi connectivity index (χ1n) is 2.68. The Morgan fingerprint density at radius 3 is 2.62 bits per heavy atom. The highest BCUT2D eigenvalue weighted by Gasteiger charge is 1.95. The van der Waals surface area contributed by atoms with Gasteiger partial charge < -0.3 is 4.42 Å². The van der Waals surface area contributed by atoms with Gasteiger partial charge in [-0.2, -0.15) is 0 Å². The zero-order valence-corrected chi connectivity index (χ0v) is 5.14. The Morgan fingerprint density at radius 2 is 2.38 bits per heavy atom. The van der Waals surface area contributed by atoms with Crippen LogP contribution >= 0.6 is 0 Å². The van der Waals surface area contributed by atoms with Crippen LogP contribution in [0, 0.1) is 13.3 Å². The van der Waals surface area contributed by atoms with Crippen molar-refractivity contribution in [2.24, 2.45) is 0 Å². The molecule has 1 heterocycles. The summed E-state index contributed by atoms with van der Waals surface area (Å²) in [6.45, 7) is 3.99. The van der Waals surface area contributed by atoms with E-state index in [0.717, 1.165) is 5.76 Å². The quantitative estimate of drug-likeness (QED) is 0.538. The van der Waals surface area contributed by atoms with E-state index in [1.807, 2.05) is 26.3 Å². The summed E-state index contributed by atoms with van der Waals surface area (Å²) in [5.74, 6) is 0.977.